The SMILES string of the molecule is CCn1c(CN(C)C(=O)Nc2ccc3c(c2)OCO3)nc2cc(C(=O)N(C)C)ccc21. The van der Waals surface area contributed by atoms with Crippen LogP contribution < -0.4 is 14.8 Å². The average molecular weight is 423 g/mol. The number of carbonyl (C=O) groups excluding carboxylic acids is 2. The van der Waals surface area contributed by atoms with Crippen molar-refractivity contribution in [2.45, 2.75) is 20.0 Å². The van der Waals surface area contributed by atoms with E-state index in [0.717, 1.165) is 16.9 Å². The molecule has 162 valence electrons. The zero-order chi connectivity index (χ0) is 22.1. The Morgan fingerprint density at radius 1 is 1.10 bits per heavy atom. The molecule has 1 aromatic heterocycles. The maximum absolute atomic E-state index is 12.7. The maximum Gasteiger partial charge on any atom is 0.321 e. The fraction of sp³-hybridized carbons (Fsp3) is 0.318. The molecule has 0 fully saturated rings. The van der Waals surface area contributed by atoms with Gasteiger partial charge in [-0.2, -0.15) is 0 Å². The number of imidazole rings is 1. The van der Waals surface area contributed by atoms with Gasteiger partial charge in [0, 0.05) is 45.0 Å². The van der Waals surface area contributed by atoms with Crippen LogP contribution in [0, 0.1) is 0 Å². The fourth-order valence-corrected chi connectivity index (χ4v) is 3.52. The van der Waals surface area contributed by atoms with Crippen molar-refractivity contribution in [2.24, 2.45) is 0 Å². The van der Waals surface area contributed by atoms with Gasteiger partial charge in [-0.3, -0.25) is 4.79 Å². The largest absolute Gasteiger partial charge is 0.454 e. The van der Waals surface area contributed by atoms with Gasteiger partial charge in [-0.1, -0.05) is 0 Å². The maximum atomic E-state index is 12.7. The molecule has 0 radical (unpaired) electrons. The van der Waals surface area contributed by atoms with E-state index in [1.54, 1.807) is 56.4 Å². The number of aromatic nitrogens is 2. The molecule has 0 spiro atoms. The summed E-state index contributed by atoms with van der Waals surface area (Å²) in [5.74, 6) is 1.94. The second-order valence-corrected chi connectivity index (χ2v) is 7.53. The van der Waals surface area contributed by atoms with Gasteiger partial charge >= 0.3 is 6.03 Å². The van der Waals surface area contributed by atoms with Gasteiger partial charge in [0.05, 0.1) is 17.6 Å². The van der Waals surface area contributed by atoms with E-state index in [1.165, 1.54) is 4.90 Å². The summed E-state index contributed by atoms with van der Waals surface area (Å²) in [4.78, 5) is 32.8. The summed E-state index contributed by atoms with van der Waals surface area (Å²) in [6.07, 6.45) is 0. The van der Waals surface area contributed by atoms with Crippen molar-refractivity contribution in [3.05, 3.63) is 47.8 Å². The van der Waals surface area contributed by atoms with Gasteiger partial charge in [0.25, 0.3) is 5.91 Å². The highest BCUT2D eigenvalue weighted by Gasteiger charge is 2.19. The molecule has 9 nitrogen and oxygen atoms in total. The quantitative estimate of drug-likeness (QED) is 0.681. The van der Waals surface area contributed by atoms with Gasteiger partial charge in [-0.05, 0) is 37.3 Å². The van der Waals surface area contributed by atoms with Crippen molar-refractivity contribution >= 4 is 28.7 Å². The number of carbonyl (C=O) groups is 2. The summed E-state index contributed by atoms with van der Waals surface area (Å²) in [5, 5.41) is 2.86. The van der Waals surface area contributed by atoms with Gasteiger partial charge in [-0.15, -0.1) is 0 Å². The van der Waals surface area contributed by atoms with E-state index >= 15 is 0 Å². The number of ether oxygens (including phenoxy) is 2. The van der Waals surface area contributed by atoms with E-state index in [9.17, 15) is 9.59 Å². The zero-order valence-electron chi connectivity index (χ0n) is 18.0. The predicted octanol–water partition coefficient (Wildman–Crippen LogP) is 3.15. The second-order valence-electron chi connectivity index (χ2n) is 7.53. The molecule has 0 atom stereocenters. The Morgan fingerprint density at radius 3 is 2.61 bits per heavy atom. The first-order valence-corrected chi connectivity index (χ1v) is 10.00. The summed E-state index contributed by atoms with van der Waals surface area (Å²) in [7, 11) is 5.15. The van der Waals surface area contributed by atoms with Crippen molar-refractivity contribution in [1.82, 2.24) is 19.4 Å². The van der Waals surface area contributed by atoms with Crippen LogP contribution in [-0.4, -0.2) is 59.2 Å². The summed E-state index contributed by atoms with van der Waals surface area (Å²) in [6.45, 7) is 3.22. The van der Waals surface area contributed by atoms with Gasteiger partial charge in [0.2, 0.25) is 6.79 Å². The Kier molecular flexibility index (Phi) is 5.41. The predicted molar refractivity (Wildman–Crippen MR) is 116 cm³/mol. The lowest BCUT2D eigenvalue weighted by Crippen LogP contribution is -2.31. The van der Waals surface area contributed by atoms with Crippen LogP contribution in [0.25, 0.3) is 11.0 Å². The number of rotatable bonds is 5. The van der Waals surface area contributed by atoms with Crippen molar-refractivity contribution in [2.75, 3.05) is 33.3 Å². The first-order chi connectivity index (χ1) is 14.9. The van der Waals surface area contributed by atoms with Crippen LogP contribution in [0.2, 0.25) is 0 Å². The van der Waals surface area contributed by atoms with Gasteiger partial charge in [0.1, 0.15) is 5.82 Å². The lowest BCUT2D eigenvalue weighted by atomic mass is 10.2. The third-order valence-electron chi connectivity index (χ3n) is 5.15. The number of nitrogens with one attached hydrogen (secondary N) is 1. The highest BCUT2D eigenvalue weighted by molar-refractivity contribution is 5.97. The van der Waals surface area contributed by atoms with E-state index in [-0.39, 0.29) is 18.7 Å². The third kappa shape index (κ3) is 3.98. The summed E-state index contributed by atoms with van der Waals surface area (Å²) in [6, 6.07) is 10.5. The number of urea groups is 1. The van der Waals surface area contributed by atoms with E-state index in [2.05, 4.69) is 5.32 Å². The van der Waals surface area contributed by atoms with E-state index < -0.39 is 0 Å². The zero-order valence-corrected chi connectivity index (χ0v) is 18.0. The molecule has 31 heavy (non-hydrogen) atoms. The standard InChI is InChI=1S/C22H25N5O4/c1-5-27-17-8-6-14(21(28)25(2)3)10-16(17)24-20(27)12-26(4)22(29)23-15-7-9-18-19(11-15)31-13-30-18/h6-11H,5,12-13H2,1-4H3,(H,23,29). The van der Waals surface area contributed by atoms with E-state index in [0.29, 0.717) is 35.8 Å². The fourth-order valence-electron chi connectivity index (χ4n) is 3.52. The lowest BCUT2D eigenvalue weighted by molar-refractivity contribution is 0.0827. The van der Waals surface area contributed by atoms with Gasteiger partial charge < -0.3 is 29.2 Å². The summed E-state index contributed by atoms with van der Waals surface area (Å²) in [5.41, 5.74) is 2.86. The Bertz CT molecular complexity index is 1150. The van der Waals surface area contributed by atoms with Crippen LogP contribution in [-0.2, 0) is 13.1 Å². The number of hydrogen-bond donors (Lipinski definition) is 1. The molecule has 3 amide bonds. The third-order valence-corrected chi connectivity index (χ3v) is 5.15. The van der Waals surface area contributed by atoms with Crippen LogP contribution in [0.3, 0.4) is 0 Å². The molecule has 1 aliphatic rings. The van der Waals surface area contributed by atoms with E-state index in [1.807, 2.05) is 17.6 Å². The van der Waals surface area contributed by atoms with Crippen molar-refractivity contribution in [3.8, 4) is 11.5 Å². The van der Waals surface area contributed by atoms with Crippen molar-refractivity contribution in [1.29, 1.82) is 0 Å². The van der Waals surface area contributed by atoms with Crippen LogP contribution in [0.1, 0.15) is 23.1 Å². The minimum absolute atomic E-state index is 0.0743. The molecule has 3 aromatic rings. The molecule has 0 saturated heterocycles. The molecule has 1 aliphatic heterocycles. The topological polar surface area (TPSA) is 88.9 Å². The number of fused-ring (bicyclic) bond motifs is 2. The van der Waals surface area contributed by atoms with Crippen LogP contribution in [0.4, 0.5) is 10.5 Å². The second kappa shape index (κ2) is 8.17. The Balaban J connectivity index is 1.52. The minimum atomic E-state index is -0.267. The van der Waals surface area contributed by atoms with E-state index in [4.69, 9.17) is 14.5 Å². The Labute approximate surface area is 180 Å². The molecule has 0 bridgehead atoms. The number of hydrogen-bond acceptors (Lipinski definition) is 5. The molecular weight excluding hydrogens is 398 g/mol. The smallest absolute Gasteiger partial charge is 0.321 e. The van der Waals surface area contributed by atoms with Crippen LogP contribution in [0.15, 0.2) is 36.4 Å². The van der Waals surface area contributed by atoms with Gasteiger partial charge in [0.15, 0.2) is 11.5 Å². The normalized spacial score (nSPS) is 12.1. The molecule has 9 heteroatoms. The number of amides is 3. The van der Waals surface area contributed by atoms with Crippen LogP contribution >= 0.6 is 0 Å². The van der Waals surface area contributed by atoms with Gasteiger partial charge in [-0.25, -0.2) is 9.78 Å². The molecular formula is C22H25N5O4. The average Bonchev–Trinajstić information content (AvgIpc) is 3.35. The molecule has 0 aliphatic carbocycles. The summed E-state index contributed by atoms with van der Waals surface area (Å²) < 4.78 is 12.7. The van der Waals surface area contributed by atoms with Crippen LogP contribution in [0.5, 0.6) is 11.5 Å². The highest BCUT2D eigenvalue weighted by atomic mass is 16.7. The minimum Gasteiger partial charge on any atom is -0.454 e. The first-order valence-electron chi connectivity index (χ1n) is 10.00. The molecule has 4 rings (SSSR count). The molecule has 0 saturated carbocycles. The summed E-state index contributed by atoms with van der Waals surface area (Å²) >= 11 is 0. The Morgan fingerprint density at radius 2 is 1.87 bits per heavy atom. The number of anilines is 1. The Hall–Kier alpha value is -3.75. The number of nitrogens with zero attached hydrogens (tertiary/aromatic N) is 4. The molecule has 0 unspecified atom stereocenters. The highest BCUT2D eigenvalue weighted by Crippen LogP contribution is 2.34. The molecule has 1 N–H and O–H groups in total. The van der Waals surface area contributed by atoms with Crippen molar-refractivity contribution in [3.63, 3.8) is 0 Å². The monoisotopic (exact) mass is 423 g/mol. The lowest BCUT2D eigenvalue weighted by Gasteiger charge is -2.18. The number of aryl methyl sites for hydroxylation is 1. The first kappa shape index (κ1) is 20.5. The van der Waals surface area contributed by atoms with Crippen molar-refractivity contribution < 1.29 is 19.1 Å². The molecule has 2 aromatic carbocycles. The number of benzene rings is 2. The molecule has 2 heterocycles.